The number of benzene rings is 1. The lowest BCUT2D eigenvalue weighted by Gasteiger charge is -2.26. The molecule has 0 fully saturated rings. The summed E-state index contributed by atoms with van der Waals surface area (Å²) in [4.78, 5) is 12.2. The van der Waals surface area contributed by atoms with Gasteiger partial charge in [-0.05, 0) is 12.1 Å². The van der Waals surface area contributed by atoms with Crippen LogP contribution in [0.15, 0.2) is 30.9 Å². The second-order valence-electron chi connectivity index (χ2n) is 3.82. The Kier molecular flexibility index (Phi) is 3.72. The summed E-state index contributed by atoms with van der Waals surface area (Å²) in [6.07, 6.45) is 0.962. The van der Waals surface area contributed by atoms with Crippen molar-refractivity contribution in [1.82, 2.24) is 0 Å². The third-order valence-corrected chi connectivity index (χ3v) is 2.57. The van der Waals surface area contributed by atoms with Gasteiger partial charge < -0.3 is 24.3 Å². The number of ether oxygens (including phenoxy) is 2. The molecule has 1 aromatic carbocycles. The highest BCUT2D eigenvalue weighted by Gasteiger charge is 2.18. The minimum atomic E-state index is -1.30. The molecular formula is C13H14NO4-. The molecule has 0 unspecified atom stereocenters. The second kappa shape index (κ2) is 5.44. The first-order valence-corrected chi connectivity index (χ1v) is 5.72. The average Bonchev–Trinajstić information content (AvgIpc) is 2.60. The molecular weight excluding hydrogens is 234 g/mol. The molecule has 0 saturated carbocycles. The van der Waals surface area contributed by atoms with E-state index in [1.54, 1.807) is 18.2 Å². The number of nitrogens with zero attached hydrogens (tertiary/aromatic N) is 1. The molecule has 1 aromatic rings. The van der Waals surface area contributed by atoms with E-state index in [2.05, 4.69) is 6.58 Å². The van der Waals surface area contributed by atoms with E-state index in [0.29, 0.717) is 30.4 Å². The molecule has 0 radical (unpaired) electrons. The van der Waals surface area contributed by atoms with Crippen molar-refractivity contribution in [3.8, 4) is 11.5 Å². The second-order valence-corrected chi connectivity index (χ2v) is 3.82. The van der Waals surface area contributed by atoms with Crippen molar-refractivity contribution in [3.63, 3.8) is 0 Å². The normalized spacial score (nSPS) is 13.6. The molecule has 96 valence electrons. The van der Waals surface area contributed by atoms with Gasteiger partial charge in [0, 0.05) is 13.0 Å². The largest absolute Gasteiger partial charge is 0.530 e. The maximum absolute atomic E-state index is 11.1. The molecule has 18 heavy (non-hydrogen) atoms. The van der Waals surface area contributed by atoms with E-state index < -0.39 is 6.09 Å². The fraction of sp³-hybridized carbons (Fsp3) is 0.308. The maximum Gasteiger partial charge on any atom is 0.184 e. The highest BCUT2D eigenvalue weighted by atomic mass is 16.5. The Morgan fingerprint density at radius 1 is 1.44 bits per heavy atom. The smallest absolute Gasteiger partial charge is 0.184 e. The number of anilines is 1. The number of rotatable bonds is 3. The van der Waals surface area contributed by atoms with Crippen molar-refractivity contribution in [2.75, 3.05) is 24.7 Å². The van der Waals surface area contributed by atoms with Gasteiger partial charge in [0.1, 0.15) is 6.09 Å². The number of hydrogen-bond acceptors (Lipinski definition) is 4. The molecule has 0 aliphatic carbocycles. The van der Waals surface area contributed by atoms with Gasteiger partial charge in [0.15, 0.2) is 11.5 Å². The van der Waals surface area contributed by atoms with Crippen LogP contribution in [-0.2, 0) is 0 Å². The van der Waals surface area contributed by atoms with Crippen LogP contribution >= 0.6 is 0 Å². The summed E-state index contributed by atoms with van der Waals surface area (Å²) < 4.78 is 11.1. The summed E-state index contributed by atoms with van der Waals surface area (Å²) in [5.74, 6) is 1.00. The Morgan fingerprint density at radius 2 is 2.22 bits per heavy atom. The standard InChI is InChI=1S/C13H15NO4/c1-2-7-14(13(15)16)10-5-3-6-11-12(10)18-9-4-8-17-11/h2-3,5-6H,1,4,7-9H2,(H,15,16)/p-1. The van der Waals surface area contributed by atoms with Crippen LogP contribution in [0.25, 0.3) is 0 Å². The SMILES string of the molecule is C=CCN(C(=O)[O-])c1cccc2c1OCCCO2. The Hall–Kier alpha value is -2.17. The minimum Gasteiger partial charge on any atom is -0.530 e. The predicted molar refractivity (Wildman–Crippen MR) is 65.0 cm³/mol. The van der Waals surface area contributed by atoms with Crippen LogP contribution in [0.2, 0.25) is 0 Å². The van der Waals surface area contributed by atoms with Crippen LogP contribution in [0.3, 0.4) is 0 Å². The highest BCUT2D eigenvalue weighted by molar-refractivity contribution is 5.88. The van der Waals surface area contributed by atoms with Gasteiger partial charge in [-0.25, -0.2) is 0 Å². The van der Waals surface area contributed by atoms with Gasteiger partial charge in [-0.2, -0.15) is 0 Å². The molecule has 0 bridgehead atoms. The molecule has 5 nitrogen and oxygen atoms in total. The molecule has 0 aromatic heterocycles. The predicted octanol–water partition coefficient (Wildman–Crippen LogP) is 1.18. The molecule has 1 aliphatic rings. The number of amides is 1. The van der Waals surface area contributed by atoms with Crippen molar-refractivity contribution in [2.24, 2.45) is 0 Å². The quantitative estimate of drug-likeness (QED) is 0.754. The number of carbonyl (C=O) groups excluding carboxylic acids is 1. The number of fused-ring (bicyclic) bond motifs is 1. The van der Waals surface area contributed by atoms with Crippen LogP contribution in [0, 0.1) is 0 Å². The lowest BCUT2D eigenvalue weighted by atomic mass is 10.2. The van der Waals surface area contributed by atoms with E-state index >= 15 is 0 Å². The van der Waals surface area contributed by atoms with Crippen LogP contribution in [0.5, 0.6) is 11.5 Å². The molecule has 0 N–H and O–H groups in total. The van der Waals surface area contributed by atoms with Crippen LogP contribution in [-0.4, -0.2) is 25.9 Å². The third kappa shape index (κ3) is 2.40. The van der Waals surface area contributed by atoms with Crippen molar-refractivity contribution < 1.29 is 19.4 Å². The topological polar surface area (TPSA) is 61.8 Å². The molecule has 1 aliphatic heterocycles. The molecule has 2 rings (SSSR count). The Morgan fingerprint density at radius 3 is 2.94 bits per heavy atom. The van der Waals surface area contributed by atoms with Crippen molar-refractivity contribution in [1.29, 1.82) is 0 Å². The summed E-state index contributed by atoms with van der Waals surface area (Å²) >= 11 is 0. The molecule has 0 atom stereocenters. The van der Waals surface area contributed by atoms with E-state index in [-0.39, 0.29) is 6.54 Å². The summed E-state index contributed by atoms with van der Waals surface area (Å²) in [6, 6.07) is 5.14. The fourth-order valence-electron chi connectivity index (χ4n) is 1.79. The van der Waals surface area contributed by atoms with E-state index in [0.717, 1.165) is 11.3 Å². The monoisotopic (exact) mass is 248 g/mol. The average molecular weight is 248 g/mol. The van der Waals surface area contributed by atoms with Crippen molar-refractivity contribution in [3.05, 3.63) is 30.9 Å². The molecule has 0 spiro atoms. The van der Waals surface area contributed by atoms with Gasteiger partial charge in [0.25, 0.3) is 0 Å². The number of carboxylic acid groups (broad SMARTS) is 1. The van der Waals surface area contributed by atoms with Gasteiger partial charge in [-0.1, -0.05) is 12.1 Å². The lowest BCUT2D eigenvalue weighted by Crippen LogP contribution is -2.41. The van der Waals surface area contributed by atoms with Gasteiger partial charge in [-0.3, -0.25) is 0 Å². The van der Waals surface area contributed by atoms with Gasteiger partial charge >= 0.3 is 0 Å². The van der Waals surface area contributed by atoms with Gasteiger partial charge in [-0.15, -0.1) is 6.58 Å². The van der Waals surface area contributed by atoms with Crippen molar-refractivity contribution in [2.45, 2.75) is 6.42 Å². The fourth-order valence-corrected chi connectivity index (χ4v) is 1.79. The molecule has 0 saturated heterocycles. The molecule has 1 amide bonds. The van der Waals surface area contributed by atoms with Crippen LogP contribution in [0.4, 0.5) is 10.5 Å². The van der Waals surface area contributed by atoms with E-state index in [1.807, 2.05) is 0 Å². The summed E-state index contributed by atoms with van der Waals surface area (Å²) in [5, 5.41) is 11.1. The van der Waals surface area contributed by atoms with Gasteiger partial charge in [0.2, 0.25) is 0 Å². The summed E-state index contributed by atoms with van der Waals surface area (Å²) in [5.41, 5.74) is 0.425. The number of carbonyl (C=O) groups is 1. The van der Waals surface area contributed by atoms with Crippen LogP contribution < -0.4 is 19.5 Å². The van der Waals surface area contributed by atoms with Gasteiger partial charge in [0.05, 0.1) is 18.9 Å². The number of para-hydroxylation sites is 1. The van der Waals surface area contributed by atoms with E-state index in [9.17, 15) is 9.90 Å². The van der Waals surface area contributed by atoms with E-state index in [4.69, 9.17) is 9.47 Å². The first-order valence-electron chi connectivity index (χ1n) is 5.72. The molecule has 5 heteroatoms. The number of hydrogen-bond donors (Lipinski definition) is 0. The highest BCUT2D eigenvalue weighted by Crippen LogP contribution is 2.38. The zero-order valence-electron chi connectivity index (χ0n) is 9.93. The van der Waals surface area contributed by atoms with Crippen molar-refractivity contribution >= 4 is 11.8 Å². The lowest BCUT2D eigenvalue weighted by molar-refractivity contribution is -0.246. The van der Waals surface area contributed by atoms with Crippen LogP contribution in [0.1, 0.15) is 6.42 Å². The first kappa shape index (κ1) is 12.3. The Bertz CT molecular complexity index is 458. The zero-order chi connectivity index (χ0) is 13.0. The summed E-state index contributed by atoms with van der Waals surface area (Å²) in [6.45, 7) is 4.73. The van der Waals surface area contributed by atoms with E-state index in [1.165, 1.54) is 6.08 Å². The zero-order valence-corrected chi connectivity index (χ0v) is 9.93. The maximum atomic E-state index is 11.1. The third-order valence-electron chi connectivity index (χ3n) is 2.57. The Balaban J connectivity index is 2.42. The minimum absolute atomic E-state index is 0.141. The summed E-state index contributed by atoms with van der Waals surface area (Å²) in [7, 11) is 0. The molecule has 1 heterocycles. The Labute approximate surface area is 105 Å². The first-order chi connectivity index (χ1) is 8.74.